The lowest BCUT2D eigenvalue weighted by molar-refractivity contribution is -0.131. The molecule has 8 heteroatoms. The molecule has 0 spiro atoms. The largest absolute Gasteiger partial charge is 0.424 e. The lowest BCUT2D eigenvalue weighted by Crippen LogP contribution is -2.30. The monoisotopic (exact) mass is 426 g/mol. The molecule has 0 fully saturated rings. The zero-order valence-corrected chi connectivity index (χ0v) is 16.7. The van der Waals surface area contributed by atoms with Crippen LogP contribution in [0.25, 0.3) is 22.4 Å². The average molecular weight is 426 g/mol. The maximum absolute atomic E-state index is 13.2. The molecule has 32 heavy (non-hydrogen) atoms. The number of esters is 1. The van der Waals surface area contributed by atoms with Gasteiger partial charge in [0.25, 0.3) is 11.8 Å². The van der Waals surface area contributed by atoms with E-state index in [4.69, 9.17) is 9.15 Å². The minimum atomic E-state index is -0.588. The third-order valence-corrected chi connectivity index (χ3v) is 5.03. The van der Waals surface area contributed by atoms with Gasteiger partial charge in [-0.1, -0.05) is 24.3 Å². The summed E-state index contributed by atoms with van der Waals surface area (Å²) in [5.74, 6) is -1.58. The predicted octanol–water partition coefficient (Wildman–Crippen LogP) is 3.58. The van der Waals surface area contributed by atoms with E-state index in [1.807, 2.05) is 0 Å². The molecule has 2 amide bonds. The second-order valence-electron chi connectivity index (χ2n) is 7.09. The first kappa shape index (κ1) is 19.4. The molecule has 0 radical (unpaired) electrons. The van der Waals surface area contributed by atoms with E-state index in [1.54, 1.807) is 42.5 Å². The molecule has 2 heterocycles. The summed E-state index contributed by atoms with van der Waals surface area (Å²) in [6.45, 7) is 1.23. The SMILES string of the molecule is CC(=O)Oc1ccccc1N1C(=O)c2ccc(-c3nc4ccccc4c(=O)o3)cc2C1=O. The van der Waals surface area contributed by atoms with E-state index in [0.29, 0.717) is 16.5 Å². The first-order valence-corrected chi connectivity index (χ1v) is 9.64. The van der Waals surface area contributed by atoms with Crippen LogP contribution in [0.1, 0.15) is 27.6 Å². The number of amides is 2. The fraction of sp³-hybridized carbons (Fsp3) is 0.0417. The van der Waals surface area contributed by atoms with Gasteiger partial charge in [-0.15, -0.1) is 0 Å². The van der Waals surface area contributed by atoms with E-state index in [0.717, 1.165) is 4.90 Å². The molecule has 1 aliphatic rings. The third kappa shape index (κ3) is 3.05. The van der Waals surface area contributed by atoms with E-state index in [2.05, 4.69) is 4.98 Å². The summed E-state index contributed by atoms with van der Waals surface area (Å²) < 4.78 is 10.5. The zero-order valence-electron chi connectivity index (χ0n) is 16.7. The minimum Gasteiger partial charge on any atom is -0.424 e. The molecule has 3 aromatic carbocycles. The van der Waals surface area contributed by atoms with Crippen molar-refractivity contribution < 1.29 is 23.5 Å². The minimum absolute atomic E-state index is 0.0375. The van der Waals surface area contributed by atoms with Crippen LogP contribution in [-0.4, -0.2) is 22.8 Å². The third-order valence-electron chi connectivity index (χ3n) is 5.03. The number of carbonyl (C=O) groups excluding carboxylic acids is 3. The van der Waals surface area contributed by atoms with Crippen LogP contribution in [0.5, 0.6) is 5.75 Å². The lowest BCUT2D eigenvalue weighted by atomic mass is 10.1. The van der Waals surface area contributed by atoms with Gasteiger partial charge in [-0.05, 0) is 42.5 Å². The van der Waals surface area contributed by atoms with Gasteiger partial charge in [0, 0.05) is 12.5 Å². The summed E-state index contributed by atoms with van der Waals surface area (Å²) in [4.78, 5) is 55.2. The Morgan fingerprint density at radius 3 is 2.44 bits per heavy atom. The van der Waals surface area contributed by atoms with E-state index in [1.165, 1.54) is 31.2 Å². The maximum Gasteiger partial charge on any atom is 0.347 e. The van der Waals surface area contributed by atoms with Crippen molar-refractivity contribution in [3.8, 4) is 17.2 Å². The van der Waals surface area contributed by atoms with E-state index in [9.17, 15) is 19.2 Å². The summed E-state index contributed by atoms with van der Waals surface area (Å²) in [7, 11) is 0. The normalized spacial score (nSPS) is 12.8. The highest BCUT2D eigenvalue weighted by Crippen LogP contribution is 2.36. The second kappa shape index (κ2) is 7.28. The number of para-hydroxylation sites is 3. The number of hydrogen-bond donors (Lipinski definition) is 0. The number of carbonyl (C=O) groups is 3. The average Bonchev–Trinajstić information content (AvgIpc) is 3.03. The van der Waals surface area contributed by atoms with Gasteiger partial charge in [0.1, 0.15) is 0 Å². The Hall–Kier alpha value is -4.59. The highest BCUT2D eigenvalue weighted by atomic mass is 16.5. The maximum atomic E-state index is 13.2. The molecule has 1 aromatic heterocycles. The zero-order chi connectivity index (χ0) is 22.4. The highest BCUT2D eigenvalue weighted by molar-refractivity contribution is 6.35. The number of rotatable bonds is 3. The van der Waals surface area contributed by atoms with Crippen LogP contribution in [-0.2, 0) is 4.79 Å². The summed E-state index contributed by atoms with van der Waals surface area (Å²) >= 11 is 0. The molecule has 8 nitrogen and oxygen atoms in total. The molecule has 1 aliphatic heterocycles. The molecule has 0 bridgehead atoms. The van der Waals surface area contributed by atoms with Gasteiger partial charge in [-0.2, -0.15) is 0 Å². The van der Waals surface area contributed by atoms with Crippen LogP contribution in [0.2, 0.25) is 0 Å². The van der Waals surface area contributed by atoms with Crippen molar-refractivity contribution >= 4 is 34.4 Å². The standard InChI is InChI=1S/C24H14N2O6/c1-13(27)31-20-9-5-4-8-19(20)26-22(28)15-11-10-14(12-17(15)23(26)29)21-25-18-7-3-2-6-16(18)24(30)32-21/h2-12H,1H3. The van der Waals surface area contributed by atoms with Gasteiger partial charge in [0.2, 0.25) is 5.89 Å². The second-order valence-corrected chi connectivity index (χ2v) is 7.09. The van der Waals surface area contributed by atoms with Crippen LogP contribution < -0.4 is 15.3 Å². The van der Waals surface area contributed by atoms with Crippen molar-refractivity contribution in [1.82, 2.24) is 4.98 Å². The number of nitrogens with zero attached hydrogens (tertiary/aromatic N) is 2. The molecule has 0 atom stereocenters. The van der Waals surface area contributed by atoms with Gasteiger partial charge in [0.05, 0.1) is 27.7 Å². The van der Waals surface area contributed by atoms with Gasteiger partial charge < -0.3 is 9.15 Å². The van der Waals surface area contributed by atoms with Gasteiger partial charge in [-0.3, -0.25) is 14.4 Å². The van der Waals surface area contributed by atoms with Crippen molar-refractivity contribution in [1.29, 1.82) is 0 Å². The Labute approximate surface area is 180 Å². The fourth-order valence-corrected chi connectivity index (χ4v) is 3.62. The van der Waals surface area contributed by atoms with Crippen molar-refractivity contribution in [2.75, 3.05) is 4.90 Å². The molecule has 0 N–H and O–H groups in total. The number of aromatic nitrogens is 1. The Balaban J connectivity index is 1.59. The predicted molar refractivity (Wildman–Crippen MR) is 115 cm³/mol. The number of fused-ring (bicyclic) bond motifs is 2. The number of benzene rings is 3. The van der Waals surface area contributed by atoms with E-state index in [-0.39, 0.29) is 28.5 Å². The van der Waals surface area contributed by atoms with Gasteiger partial charge >= 0.3 is 11.6 Å². The molecule has 156 valence electrons. The van der Waals surface area contributed by atoms with Crippen LogP contribution in [0.15, 0.2) is 75.9 Å². The Morgan fingerprint density at radius 1 is 0.906 bits per heavy atom. The summed E-state index contributed by atoms with van der Waals surface area (Å²) in [6, 6.07) is 17.5. The van der Waals surface area contributed by atoms with Crippen molar-refractivity contribution in [2.24, 2.45) is 0 Å². The van der Waals surface area contributed by atoms with E-state index < -0.39 is 23.4 Å². The first-order valence-electron chi connectivity index (χ1n) is 9.64. The molecule has 0 unspecified atom stereocenters. The first-order chi connectivity index (χ1) is 15.4. The quantitative estimate of drug-likeness (QED) is 0.280. The Morgan fingerprint density at radius 2 is 1.62 bits per heavy atom. The van der Waals surface area contributed by atoms with Gasteiger partial charge in [0.15, 0.2) is 5.75 Å². The summed E-state index contributed by atoms with van der Waals surface area (Å²) in [5, 5.41) is 0.344. The molecular weight excluding hydrogens is 412 g/mol. The molecule has 4 aromatic rings. The van der Waals surface area contributed by atoms with Crippen LogP contribution >= 0.6 is 0 Å². The Kier molecular flexibility index (Phi) is 4.41. The smallest absolute Gasteiger partial charge is 0.347 e. The molecule has 0 aliphatic carbocycles. The van der Waals surface area contributed by atoms with Crippen LogP contribution in [0, 0.1) is 0 Å². The lowest BCUT2D eigenvalue weighted by Gasteiger charge is -2.17. The number of anilines is 1. The summed E-state index contributed by atoms with van der Waals surface area (Å²) in [5.41, 5.74) is 0.750. The molecular formula is C24H14N2O6. The molecule has 0 saturated heterocycles. The number of ether oxygens (including phenoxy) is 1. The summed E-state index contributed by atoms with van der Waals surface area (Å²) in [6.07, 6.45) is 0. The Bertz CT molecular complexity index is 1500. The van der Waals surface area contributed by atoms with Crippen molar-refractivity contribution in [3.05, 3.63) is 88.3 Å². The van der Waals surface area contributed by atoms with Gasteiger partial charge in [-0.25, -0.2) is 14.7 Å². The van der Waals surface area contributed by atoms with Crippen LogP contribution in [0.3, 0.4) is 0 Å². The fourth-order valence-electron chi connectivity index (χ4n) is 3.62. The number of imide groups is 1. The van der Waals surface area contributed by atoms with Crippen molar-refractivity contribution in [3.63, 3.8) is 0 Å². The molecule has 5 rings (SSSR count). The van der Waals surface area contributed by atoms with Crippen molar-refractivity contribution in [2.45, 2.75) is 6.92 Å². The topological polar surface area (TPSA) is 107 Å². The number of hydrogen-bond acceptors (Lipinski definition) is 7. The van der Waals surface area contributed by atoms with Crippen LogP contribution in [0.4, 0.5) is 5.69 Å². The van der Waals surface area contributed by atoms with E-state index >= 15 is 0 Å². The highest BCUT2D eigenvalue weighted by Gasteiger charge is 2.38. The molecule has 0 saturated carbocycles.